The number of carbonyl (C=O) groups is 1. The van der Waals surface area contributed by atoms with E-state index in [-0.39, 0.29) is 11.6 Å². The molecule has 2 N–H and O–H groups in total. The van der Waals surface area contributed by atoms with Gasteiger partial charge >= 0.3 is 6.03 Å². The van der Waals surface area contributed by atoms with Crippen LogP contribution in [0.15, 0.2) is 42.7 Å². The molecular weight excluding hydrogens is 424 g/mol. The molecule has 3 aromatic rings. The number of para-hydroxylation sites is 1. The van der Waals surface area contributed by atoms with Gasteiger partial charge in [-0.1, -0.05) is 58.7 Å². The van der Waals surface area contributed by atoms with Crippen LogP contribution < -0.4 is 10.6 Å². The van der Waals surface area contributed by atoms with Crippen LogP contribution >= 0.6 is 0 Å². The van der Waals surface area contributed by atoms with Crippen LogP contribution in [0.1, 0.15) is 81.9 Å². The largest absolute Gasteiger partial charge is 0.380 e. The molecule has 1 aliphatic carbocycles. The highest BCUT2D eigenvalue weighted by Gasteiger charge is 2.37. The number of pyridine rings is 1. The zero-order valence-corrected chi connectivity index (χ0v) is 21.1. The SMILES string of the molecule is COCc1cn(C2(CNC(=O)Nc3c(C(C)C)cccc3C(C)C)CCCC2)c2ncccc12. The lowest BCUT2D eigenvalue weighted by Gasteiger charge is -2.32. The Balaban J connectivity index is 1.60. The number of carbonyl (C=O) groups excluding carboxylic acids is 1. The number of urea groups is 1. The lowest BCUT2D eigenvalue weighted by Crippen LogP contribution is -2.44. The summed E-state index contributed by atoms with van der Waals surface area (Å²) in [5.41, 5.74) is 5.19. The van der Waals surface area contributed by atoms with Crippen LogP contribution in [0.4, 0.5) is 10.5 Å². The number of nitrogens with zero attached hydrogens (tertiary/aromatic N) is 2. The molecule has 0 radical (unpaired) electrons. The number of aromatic nitrogens is 2. The van der Waals surface area contributed by atoms with Crippen molar-refractivity contribution in [2.24, 2.45) is 0 Å². The second kappa shape index (κ2) is 10.2. The second-order valence-corrected chi connectivity index (χ2v) is 10.2. The highest BCUT2D eigenvalue weighted by atomic mass is 16.5. The van der Waals surface area contributed by atoms with Gasteiger partial charge in [-0.05, 0) is 47.9 Å². The number of rotatable bonds is 8. The van der Waals surface area contributed by atoms with E-state index in [1.807, 2.05) is 12.3 Å². The Morgan fingerprint density at radius 3 is 2.38 bits per heavy atom. The molecule has 1 fully saturated rings. The summed E-state index contributed by atoms with van der Waals surface area (Å²) in [5, 5.41) is 7.54. The van der Waals surface area contributed by atoms with E-state index in [0.717, 1.165) is 48.0 Å². The first kappa shape index (κ1) is 24.3. The number of hydrogen-bond donors (Lipinski definition) is 2. The van der Waals surface area contributed by atoms with Gasteiger partial charge < -0.3 is 19.9 Å². The predicted octanol–water partition coefficient (Wildman–Crippen LogP) is 6.52. The molecule has 0 atom stereocenters. The number of anilines is 1. The quantitative estimate of drug-likeness (QED) is 0.400. The molecule has 6 heteroatoms. The van der Waals surface area contributed by atoms with Crippen molar-refractivity contribution in [3.8, 4) is 0 Å². The van der Waals surface area contributed by atoms with Crippen LogP contribution in [0.5, 0.6) is 0 Å². The summed E-state index contributed by atoms with van der Waals surface area (Å²) in [6, 6.07) is 10.2. The van der Waals surface area contributed by atoms with Crippen LogP contribution in [0.3, 0.4) is 0 Å². The van der Waals surface area contributed by atoms with Crippen molar-refractivity contribution < 1.29 is 9.53 Å². The number of methoxy groups -OCH3 is 1. The molecule has 0 saturated heterocycles. The number of benzene rings is 1. The van der Waals surface area contributed by atoms with Crippen LogP contribution in [0, 0.1) is 0 Å². The Bertz CT molecular complexity index is 1120. The maximum Gasteiger partial charge on any atom is 0.319 e. The van der Waals surface area contributed by atoms with Crippen LogP contribution in [-0.4, -0.2) is 29.2 Å². The standard InChI is InChI=1S/C28H38N4O2/c1-19(2)22-10-8-11-23(20(3)4)25(22)31-27(33)30-18-28(13-6-7-14-28)32-16-21(17-34-5)24-12-9-15-29-26(24)32/h8-12,15-16,19-20H,6-7,13-14,17-18H2,1-5H3,(H2,30,31,33). The van der Waals surface area contributed by atoms with E-state index in [1.165, 1.54) is 11.1 Å². The van der Waals surface area contributed by atoms with Crippen molar-refractivity contribution in [1.82, 2.24) is 14.9 Å². The molecule has 2 heterocycles. The topological polar surface area (TPSA) is 68.2 Å². The molecule has 0 aliphatic heterocycles. The minimum Gasteiger partial charge on any atom is -0.380 e. The average molecular weight is 463 g/mol. The zero-order valence-electron chi connectivity index (χ0n) is 21.1. The molecule has 182 valence electrons. The second-order valence-electron chi connectivity index (χ2n) is 10.2. The van der Waals surface area contributed by atoms with Gasteiger partial charge in [-0.2, -0.15) is 0 Å². The normalized spacial score (nSPS) is 15.4. The lowest BCUT2D eigenvalue weighted by molar-refractivity contribution is 0.185. The molecule has 0 unspecified atom stereocenters. The molecular formula is C28H38N4O2. The minimum absolute atomic E-state index is 0.150. The third-order valence-electron chi connectivity index (χ3n) is 7.18. The van der Waals surface area contributed by atoms with Gasteiger partial charge in [0.25, 0.3) is 0 Å². The summed E-state index contributed by atoms with van der Waals surface area (Å²) in [4.78, 5) is 17.9. The Labute approximate surface area is 203 Å². The van der Waals surface area contributed by atoms with Crippen molar-refractivity contribution >= 4 is 22.8 Å². The Morgan fingerprint density at radius 1 is 1.09 bits per heavy atom. The van der Waals surface area contributed by atoms with E-state index in [9.17, 15) is 4.79 Å². The maximum atomic E-state index is 13.2. The van der Waals surface area contributed by atoms with E-state index in [0.29, 0.717) is 25.0 Å². The molecule has 0 bridgehead atoms. The van der Waals surface area contributed by atoms with Crippen molar-refractivity contribution in [2.45, 2.75) is 77.4 Å². The summed E-state index contributed by atoms with van der Waals surface area (Å²) in [6.07, 6.45) is 8.33. The summed E-state index contributed by atoms with van der Waals surface area (Å²) in [6.45, 7) is 9.76. The van der Waals surface area contributed by atoms with Crippen molar-refractivity contribution in [3.05, 3.63) is 59.4 Å². The Hall–Kier alpha value is -2.86. The minimum atomic E-state index is -0.186. The van der Waals surface area contributed by atoms with E-state index in [1.54, 1.807) is 7.11 Å². The number of nitrogens with one attached hydrogen (secondary N) is 2. The van der Waals surface area contributed by atoms with Gasteiger partial charge in [0.05, 0.1) is 12.1 Å². The van der Waals surface area contributed by atoms with E-state index in [4.69, 9.17) is 9.72 Å². The van der Waals surface area contributed by atoms with Crippen LogP contribution in [0.2, 0.25) is 0 Å². The first-order valence-corrected chi connectivity index (χ1v) is 12.5. The number of ether oxygens (including phenoxy) is 1. The highest BCUT2D eigenvalue weighted by molar-refractivity contribution is 5.91. The van der Waals surface area contributed by atoms with Crippen LogP contribution in [-0.2, 0) is 16.9 Å². The summed E-state index contributed by atoms with van der Waals surface area (Å²) in [7, 11) is 1.72. The monoisotopic (exact) mass is 462 g/mol. The summed E-state index contributed by atoms with van der Waals surface area (Å²) >= 11 is 0. The van der Waals surface area contributed by atoms with E-state index < -0.39 is 0 Å². The molecule has 34 heavy (non-hydrogen) atoms. The molecule has 2 amide bonds. The van der Waals surface area contributed by atoms with Gasteiger partial charge in [-0.25, -0.2) is 9.78 Å². The smallest absolute Gasteiger partial charge is 0.319 e. The predicted molar refractivity (Wildman–Crippen MR) is 139 cm³/mol. The summed E-state index contributed by atoms with van der Waals surface area (Å²) in [5.74, 6) is 0.651. The van der Waals surface area contributed by atoms with E-state index >= 15 is 0 Å². The molecule has 0 spiro atoms. The van der Waals surface area contributed by atoms with E-state index in [2.05, 4.69) is 73.4 Å². The van der Waals surface area contributed by atoms with Gasteiger partial charge in [-0.3, -0.25) is 0 Å². The molecule has 1 aliphatic rings. The molecule has 2 aromatic heterocycles. The van der Waals surface area contributed by atoms with Gasteiger partial charge in [-0.15, -0.1) is 0 Å². The Kier molecular flexibility index (Phi) is 7.27. The van der Waals surface area contributed by atoms with Gasteiger partial charge in [0, 0.05) is 42.7 Å². The van der Waals surface area contributed by atoms with Crippen molar-refractivity contribution in [2.75, 3.05) is 19.0 Å². The fraction of sp³-hybridized carbons (Fsp3) is 0.500. The Morgan fingerprint density at radius 2 is 1.76 bits per heavy atom. The lowest BCUT2D eigenvalue weighted by atomic mass is 9.92. The number of amides is 2. The van der Waals surface area contributed by atoms with Crippen molar-refractivity contribution in [1.29, 1.82) is 0 Å². The first-order chi connectivity index (χ1) is 16.4. The fourth-order valence-corrected chi connectivity index (χ4v) is 5.39. The average Bonchev–Trinajstić information content (AvgIpc) is 3.44. The summed E-state index contributed by atoms with van der Waals surface area (Å²) < 4.78 is 7.75. The van der Waals surface area contributed by atoms with Gasteiger partial charge in [0.15, 0.2) is 0 Å². The fourth-order valence-electron chi connectivity index (χ4n) is 5.39. The first-order valence-electron chi connectivity index (χ1n) is 12.5. The molecule has 1 saturated carbocycles. The highest BCUT2D eigenvalue weighted by Crippen LogP contribution is 2.39. The van der Waals surface area contributed by atoms with Gasteiger partial charge in [0.2, 0.25) is 0 Å². The zero-order chi connectivity index (χ0) is 24.3. The van der Waals surface area contributed by atoms with Crippen LogP contribution in [0.25, 0.3) is 11.0 Å². The van der Waals surface area contributed by atoms with Crippen molar-refractivity contribution in [3.63, 3.8) is 0 Å². The number of hydrogen-bond acceptors (Lipinski definition) is 3. The van der Waals surface area contributed by atoms with Gasteiger partial charge in [0.1, 0.15) is 5.65 Å². The number of fused-ring (bicyclic) bond motifs is 1. The third-order valence-corrected chi connectivity index (χ3v) is 7.18. The molecule has 1 aromatic carbocycles. The molecule has 6 nitrogen and oxygen atoms in total. The molecule has 4 rings (SSSR count). The maximum absolute atomic E-state index is 13.2. The third kappa shape index (κ3) is 4.69.